The van der Waals surface area contributed by atoms with Crippen LogP contribution in [0.25, 0.3) is 0 Å². The van der Waals surface area contributed by atoms with E-state index in [4.69, 9.17) is 15.0 Å². The molecule has 3 aliphatic rings. The van der Waals surface area contributed by atoms with Crippen molar-refractivity contribution in [3.8, 4) is 0 Å². The normalized spacial score (nSPS) is 24.7. The van der Waals surface area contributed by atoms with E-state index in [1.54, 1.807) is 28.8 Å². The molecule has 8 nitrogen and oxygen atoms in total. The third-order valence-electron chi connectivity index (χ3n) is 6.36. The molecule has 2 unspecified atom stereocenters. The van der Waals surface area contributed by atoms with Gasteiger partial charge in [-0.2, -0.15) is 20.2 Å². The predicted molar refractivity (Wildman–Crippen MR) is 137 cm³/mol. The van der Waals surface area contributed by atoms with Gasteiger partial charge < -0.3 is 15.4 Å². The van der Waals surface area contributed by atoms with Crippen molar-refractivity contribution >= 4 is 45.5 Å². The van der Waals surface area contributed by atoms with E-state index < -0.39 is 22.2 Å². The van der Waals surface area contributed by atoms with Crippen LogP contribution in [-0.2, 0) is 31.1 Å². The van der Waals surface area contributed by atoms with Crippen molar-refractivity contribution in [1.29, 1.82) is 0 Å². The van der Waals surface area contributed by atoms with E-state index in [1.165, 1.54) is 12.1 Å². The fourth-order valence-corrected chi connectivity index (χ4v) is 8.25. The lowest BCUT2D eigenvalue weighted by Crippen LogP contribution is -2.69. The lowest BCUT2D eigenvalue weighted by molar-refractivity contribution is -0.164. The standard InChI is InChI=1S/C17H20N2O3S2.C7H8O3S/c18-12-14(20)19-13(16(21)22-10-11-4-2-1-3-5-11)17(24-15(12)19)6-8-23-9-7-17;1-6-2-4-7(5-3-6)11(8,9)10/h1-5,12-13,15H,6-10,18H2;2-5H,1H3,(H,8,9,10)/t12?,13?,15-;/m1./s1. The van der Waals surface area contributed by atoms with Crippen LogP contribution >= 0.6 is 23.5 Å². The van der Waals surface area contributed by atoms with Gasteiger partial charge in [-0.3, -0.25) is 9.35 Å². The molecule has 2 aromatic rings. The number of nitrogens with zero attached hydrogens (tertiary/aromatic N) is 1. The molecule has 1 amide bonds. The largest absolute Gasteiger partial charge is 0.459 e. The molecule has 3 aliphatic heterocycles. The summed E-state index contributed by atoms with van der Waals surface area (Å²) >= 11 is 3.62. The summed E-state index contributed by atoms with van der Waals surface area (Å²) in [7, 11) is -4.02. The molecular formula is C24H28N2O6S3. The number of nitrogens with two attached hydrogens (primary N) is 1. The first kappa shape index (κ1) is 26.0. The van der Waals surface area contributed by atoms with Crippen molar-refractivity contribution in [2.75, 3.05) is 11.5 Å². The topological polar surface area (TPSA) is 127 Å². The highest BCUT2D eigenvalue weighted by molar-refractivity contribution is 8.02. The Morgan fingerprint density at radius 2 is 1.77 bits per heavy atom. The second kappa shape index (κ2) is 10.5. The molecule has 35 heavy (non-hydrogen) atoms. The number of carbonyl (C=O) groups is 2. The smallest absolute Gasteiger partial charge is 0.330 e. The highest BCUT2D eigenvalue weighted by Gasteiger charge is 2.66. The van der Waals surface area contributed by atoms with E-state index in [0.717, 1.165) is 35.5 Å². The minimum atomic E-state index is -4.02. The van der Waals surface area contributed by atoms with Crippen LogP contribution in [0.5, 0.6) is 0 Å². The Morgan fingerprint density at radius 3 is 2.37 bits per heavy atom. The predicted octanol–water partition coefficient (Wildman–Crippen LogP) is 2.85. The van der Waals surface area contributed by atoms with Crippen LogP contribution in [-0.4, -0.2) is 63.5 Å². The van der Waals surface area contributed by atoms with Gasteiger partial charge in [-0.1, -0.05) is 48.0 Å². The molecule has 0 bridgehead atoms. The average Bonchev–Trinajstić information content (AvgIpc) is 3.14. The molecule has 11 heteroatoms. The molecule has 0 radical (unpaired) electrons. The van der Waals surface area contributed by atoms with Crippen molar-refractivity contribution in [1.82, 2.24) is 4.90 Å². The molecule has 2 aromatic carbocycles. The van der Waals surface area contributed by atoms with Crippen molar-refractivity contribution in [3.05, 3.63) is 65.7 Å². The number of esters is 1. The number of carbonyl (C=O) groups excluding carboxylic acids is 2. The molecule has 3 fully saturated rings. The zero-order valence-electron chi connectivity index (χ0n) is 19.2. The molecule has 5 rings (SSSR count). The Kier molecular flexibility index (Phi) is 7.82. The van der Waals surface area contributed by atoms with Crippen LogP contribution in [0.1, 0.15) is 24.0 Å². The van der Waals surface area contributed by atoms with Crippen molar-refractivity contribution in [2.24, 2.45) is 5.73 Å². The number of hydrogen-bond acceptors (Lipinski definition) is 8. The molecule has 3 atom stereocenters. The Morgan fingerprint density at radius 1 is 1.14 bits per heavy atom. The molecule has 0 saturated carbocycles. The first-order valence-electron chi connectivity index (χ1n) is 11.2. The third kappa shape index (κ3) is 5.54. The van der Waals surface area contributed by atoms with Crippen LogP contribution < -0.4 is 5.73 Å². The van der Waals surface area contributed by atoms with Gasteiger partial charge in [-0.15, -0.1) is 11.8 Å². The van der Waals surface area contributed by atoms with Crippen LogP contribution in [0.15, 0.2) is 59.5 Å². The number of β-lactam (4-membered cyclic amide) rings is 1. The van der Waals surface area contributed by atoms with E-state index in [-0.39, 0.29) is 33.5 Å². The van der Waals surface area contributed by atoms with Crippen molar-refractivity contribution in [2.45, 2.75) is 53.5 Å². The summed E-state index contributed by atoms with van der Waals surface area (Å²) in [5.74, 6) is 1.61. The van der Waals surface area contributed by atoms with Crippen LogP contribution in [0.3, 0.4) is 0 Å². The number of fused-ring (bicyclic) bond motifs is 1. The number of ether oxygens (including phenoxy) is 1. The van der Waals surface area contributed by atoms with Gasteiger partial charge in [0.05, 0.1) is 9.64 Å². The summed E-state index contributed by atoms with van der Waals surface area (Å²) in [5.41, 5.74) is 7.86. The van der Waals surface area contributed by atoms with Gasteiger partial charge in [0.15, 0.2) is 0 Å². The summed E-state index contributed by atoms with van der Waals surface area (Å²) in [5, 5.41) is -0.0742. The minimum Gasteiger partial charge on any atom is -0.459 e. The van der Waals surface area contributed by atoms with Crippen molar-refractivity contribution < 1.29 is 27.3 Å². The second-order valence-electron chi connectivity index (χ2n) is 8.74. The summed E-state index contributed by atoms with van der Waals surface area (Å²) in [4.78, 5) is 26.7. The summed E-state index contributed by atoms with van der Waals surface area (Å²) in [6.07, 6.45) is 1.83. The lowest BCUT2D eigenvalue weighted by Gasteiger charge is -2.42. The number of hydrogen-bond donors (Lipinski definition) is 2. The molecular weight excluding hydrogens is 508 g/mol. The third-order valence-corrected chi connectivity index (χ3v) is 10.1. The molecule has 3 N–H and O–H groups in total. The van der Waals surface area contributed by atoms with Gasteiger partial charge in [0.1, 0.15) is 24.1 Å². The monoisotopic (exact) mass is 536 g/mol. The molecule has 0 aliphatic carbocycles. The number of amides is 1. The Bertz CT molecular complexity index is 1170. The van der Waals surface area contributed by atoms with E-state index >= 15 is 0 Å². The maximum Gasteiger partial charge on any atom is 0.330 e. The van der Waals surface area contributed by atoms with E-state index in [0.29, 0.717) is 0 Å². The maximum absolute atomic E-state index is 12.9. The first-order valence-corrected chi connectivity index (χ1v) is 14.7. The van der Waals surface area contributed by atoms with E-state index in [2.05, 4.69) is 0 Å². The van der Waals surface area contributed by atoms with Gasteiger partial charge in [0, 0.05) is 0 Å². The van der Waals surface area contributed by atoms with Gasteiger partial charge >= 0.3 is 5.97 Å². The summed E-state index contributed by atoms with van der Waals surface area (Å²) in [6.45, 7) is 2.08. The average molecular weight is 537 g/mol. The zero-order valence-corrected chi connectivity index (χ0v) is 21.7. The Balaban J connectivity index is 0.000000221. The number of benzene rings is 2. The highest BCUT2D eigenvalue weighted by Crippen LogP contribution is 2.56. The fraction of sp³-hybridized carbons (Fsp3) is 0.417. The summed E-state index contributed by atoms with van der Waals surface area (Å²) in [6, 6.07) is 14.6. The molecule has 0 aromatic heterocycles. The van der Waals surface area contributed by atoms with Crippen molar-refractivity contribution in [3.63, 3.8) is 0 Å². The number of thioether (sulfide) groups is 2. The van der Waals surface area contributed by atoms with Gasteiger partial charge in [-0.25, -0.2) is 4.79 Å². The molecule has 3 heterocycles. The SMILES string of the molecule is Cc1ccc(S(=O)(=O)O)cc1.NC1C(=O)N2C(C(=O)OCc3ccccc3)C3(CCSCC3)S[C@H]12. The van der Waals surface area contributed by atoms with Gasteiger partial charge in [0.25, 0.3) is 10.1 Å². The van der Waals surface area contributed by atoms with E-state index in [1.807, 2.05) is 49.0 Å². The fourth-order valence-electron chi connectivity index (χ4n) is 4.43. The maximum atomic E-state index is 12.9. The lowest BCUT2D eigenvalue weighted by atomic mass is 9.89. The second-order valence-corrected chi connectivity index (χ2v) is 12.9. The number of aryl methyl sites for hydroxylation is 1. The van der Waals surface area contributed by atoms with Crippen LogP contribution in [0.2, 0.25) is 0 Å². The quantitative estimate of drug-likeness (QED) is 0.344. The number of rotatable bonds is 4. The highest BCUT2D eigenvalue weighted by atomic mass is 32.2. The summed E-state index contributed by atoms with van der Waals surface area (Å²) < 4.78 is 34.9. The minimum absolute atomic E-state index is 0.0666. The molecule has 188 valence electrons. The Hall–Kier alpha value is -2.05. The first-order chi connectivity index (χ1) is 16.6. The molecule has 1 spiro atoms. The van der Waals surface area contributed by atoms with Gasteiger partial charge in [-0.05, 0) is 49.0 Å². The van der Waals surface area contributed by atoms with Gasteiger partial charge in [0.2, 0.25) is 5.91 Å². The van der Waals surface area contributed by atoms with Crippen LogP contribution in [0.4, 0.5) is 0 Å². The van der Waals surface area contributed by atoms with E-state index in [9.17, 15) is 18.0 Å². The molecule has 3 saturated heterocycles. The zero-order chi connectivity index (χ0) is 25.2. The van der Waals surface area contributed by atoms with Crippen LogP contribution in [0, 0.1) is 6.92 Å². The Labute approximate surface area is 213 Å².